The molecule has 1 atom stereocenters. The summed E-state index contributed by atoms with van der Waals surface area (Å²) >= 11 is 7.37. The van der Waals surface area contributed by atoms with Gasteiger partial charge in [0.2, 0.25) is 0 Å². The summed E-state index contributed by atoms with van der Waals surface area (Å²) in [6.07, 6.45) is 6.73. The summed E-state index contributed by atoms with van der Waals surface area (Å²) in [5, 5.41) is 3.62. The van der Waals surface area contributed by atoms with Crippen LogP contribution in [0.2, 0.25) is 0 Å². The second-order valence-corrected chi connectivity index (χ2v) is 8.32. The topological polar surface area (TPSA) is 12.0 Å². The predicted octanol–water partition coefficient (Wildman–Crippen LogP) is 6.08. The minimum absolute atomic E-state index is 0.409. The minimum atomic E-state index is 0.409. The second-order valence-electron chi connectivity index (χ2n) is 6.55. The Morgan fingerprint density at radius 2 is 1.85 bits per heavy atom. The van der Waals surface area contributed by atoms with Gasteiger partial charge in [0.1, 0.15) is 0 Å². The summed E-state index contributed by atoms with van der Waals surface area (Å²) < 4.78 is 2.38. The van der Waals surface area contributed by atoms with Gasteiger partial charge in [-0.3, -0.25) is 0 Å². The van der Waals surface area contributed by atoms with Gasteiger partial charge in [0, 0.05) is 15.0 Å². The van der Waals surface area contributed by atoms with Gasteiger partial charge in [-0.05, 0) is 61.4 Å². The van der Waals surface area contributed by atoms with E-state index in [0.717, 1.165) is 10.4 Å². The molecule has 0 radical (unpaired) electrons. The summed E-state index contributed by atoms with van der Waals surface area (Å²) in [4.78, 5) is 0. The standard InChI is InChI=1S/C17H25Br2N/c1-12(2)11-17(8-4-5-9-17)16(20-3)14-10-13(18)6-7-15(14)19/h6-7,10,12,16,20H,4-5,8-9,11H2,1-3H3. The molecule has 1 fully saturated rings. The van der Waals surface area contributed by atoms with Gasteiger partial charge in [0.15, 0.2) is 0 Å². The molecule has 1 N–H and O–H groups in total. The fourth-order valence-electron chi connectivity index (χ4n) is 4.03. The van der Waals surface area contributed by atoms with Gasteiger partial charge in [-0.2, -0.15) is 0 Å². The van der Waals surface area contributed by atoms with Crippen molar-refractivity contribution in [1.29, 1.82) is 0 Å². The Morgan fingerprint density at radius 3 is 2.40 bits per heavy atom. The molecule has 0 heterocycles. The molecule has 1 saturated carbocycles. The first-order valence-electron chi connectivity index (χ1n) is 7.61. The van der Waals surface area contributed by atoms with Crippen LogP contribution in [0.5, 0.6) is 0 Å². The fraction of sp³-hybridized carbons (Fsp3) is 0.647. The fourth-order valence-corrected chi connectivity index (χ4v) is 4.88. The molecule has 0 amide bonds. The molecule has 0 aliphatic heterocycles. The number of nitrogens with one attached hydrogen (secondary N) is 1. The van der Waals surface area contributed by atoms with Crippen molar-refractivity contribution in [3.05, 3.63) is 32.7 Å². The lowest BCUT2D eigenvalue weighted by Gasteiger charge is -2.40. The molecular formula is C17H25Br2N. The van der Waals surface area contributed by atoms with E-state index < -0.39 is 0 Å². The third-order valence-electron chi connectivity index (χ3n) is 4.58. The van der Waals surface area contributed by atoms with Crippen LogP contribution in [0.15, 0.2) is 27.1 Å². The highest BCUT2D eigenvalue weighted by Gasteiger charge is 2.42. The van der Waals surface area contributed by atoms with Crippen molar-refractivity contribution >= 4 is 31.9 Å². The van der Waals surface area contributed by atoms with Crippen molar-refractivity contribution in [2.45, 2.75) is 52.0 Å². The molecule has 1 unspecified atom stereocenters. The van der Waals surface area contributed by atoms with Gasteiger partial charge in [-0.25, -0.2) is 0 Å². The Balaban J connectivity index is 2.40. The van der Waals surface area contributed by atoms with Gasteiger partial charge in [-0.1, -0.05) is 58.5 Å². The molecule has 1 nitrogen and oxygen atoms in total. The average molecular weight is 403 g/mol. The molecule has 1 aliphatic carbocycles. The van der Waals surface area contributed by atoms with Crippen molar-refractivity contribution in [3.63, 3.8) is 0 Å². The van der Waals surface area contributed by atoms with Gasteiger partial charge in [0.25, 0.3) is 0 Å². The third-order valence-corrected chi connectivity index (χ3v) is 5.80. The molecule has 112 valence electrons. The molecule has 1 aromatic carbocycles. The van der Waals surface area contributed by atoms with Crippen LogP contribution in [0.3, 0.4) is 0 Å². The molecule has 2 rings (SSSR count). The number of halogens is 2. The summed E-state index contributed by atoms with van der Waals surface area (Å²) in [5.41, 5.74) is 1.80. The van der Waals surface area contributed by atoms with Crippen LogP contribution in [0, 0.1) is 11.3 Å². The van der Waals surface area contributed by atoms with E-state index in [1.807, 2.05) is 0 Å². The van der Waals surface area contributed by atoms with E-state index in [-0.39, 0.29) is 0 Å². The lowest BCUT2D eigenvalue weighted by atomic mass is 9.70. The average Bonchev–Trinajstić information content (AvgIpc) is 2.83. The number of hydrogen-bond acceptors (Lipinski definition) is 1. The molecule has 20 heavy (non-hydrogen) atoms. The van der Waals surface area contributed by atoms with Crippen LogP contribution in [-0.2, 0) is 0 Å². The molecule has 0 aromatic heterocycles. The first-order chi connectivity index (χ1) is 9.48. The third kappa shape index (κ3) is 3.48. The second kappa shape index (κ2) is 6.93. The summed E-state index contributed by atoms with van der Waals surface area (Å²) in [7, 11) is 2.11. The van der Waals surface area contributed by atoms with Gasteiger partial charge in [-0.15, -0.1) is 0 Å². The van der Waals surface area contributed by atoms with Crippen LogP contribution < -0.4 is 5.32 Å². The zero-order valence-electron chi connectivity index (χ0n) is 12.7. The maximum Gasteiger partial charge on any atom is 0.0386 e. The van der Waals surface area contributed by atoms with E-state index in [2.05, 4.69) is 76.3 Å². The molecule has 3 heteroatoms. The number of benzene rings is 1. The Kier molecular flexibility index (Phi) is 5.72. The highest BCUT2D eigenvalue weighted by Crippen LogP contribution is 2.52. The van der Waals surface area contributed by atoms with E-state index in [9.17, 15) is 0 Å². The largest absolute Gasteiger partial charge is 0.312 e. The van der Waals surface area contributed by atoms with Crippen molar-refractivity contribution in [2.75, 3.05) is 7.05 Å². The monoisotopic (exact) mass is 401 g/mol. The summed E-state index contributed by atoms with van der Waals surface area (Å²) in [6, 6.07) is 6.96. The van der Waals surface area contributed by atoms with Crippen molar-refractivity contribution in [3.8, 4) is 0 Å². The first kappa shape index (κ1) is 16.5. The van der Waals surface area contributed by atoms with Crippen LogP contribution >= 0.6 is 31.9 Å². The Bertz CT molecular complexity index is 450. The maximum absolute atomic E-state index is 3.75. The molecule has 0 spiro atoms. The predicted molar refractivity (Wildman–Crippen MR) is 94.0 cm³/mol. The maximum atomic E-state index is 3.75. The quantitative estimate of drug-likeness (QED) is 0.629. The SMILES string of the molecule is CNC(c1cc(Br)ccc1Br)C1(CC(C)C)CCCC1. The van der Waals surface area contributed by atoms with Crippen LogP contribution in [-0.4, -0.2) is 7.05 Å². The lowest BCUT2D eigenvalue weighted by Crippen LogP contribution is -2.36. The Morgan fingerprint density at radius 1 is 1.20 bits per heavy atom. The lowest BCUT2D eigenvalue weighted by molar-refractivity contribution is 0.161. The van der Waals surface area contributed by atoms with Crippen molar-refractivity contribution < 1.29 is 0 Å². The van der Waals surface area contributed by atoms with Crippen LogP contribution in [0.25, 0.3) is 0 Å². The first-order valence-corrected chi connectivity index (χ1v) is 9.19. The van der Waals surface area contributed by atoms with Crippen LogP contribution in [0.1, 0.15) is 57.6 Å². The van der Waals surface area contributed by atoms with E-state index in [4.69, 9.17) is 0 Å². The Hall–Kier alpha value is 0.140. The molecular weight excluding hydrogens is 378 g/mol. The van der Waals surface area contributed by atoms with E-state index in [1.165, 1.54) is 42.1 Å². The molecule has 1 aromatic rings. The van der Waals surface area contributed by atoms with Crippen molar-refractivity contribution in [2.24, 2.45) is 11.3 Å². The zero-order valence-corrected chi connectivity index (χ0v) is 15.9. The van der Waals surface area contributed by atoms with Gasteiger partial charge < -0.3 is 5.32 Å². The Labute approximate surface area is 140 Å². The highest BCUT2D eigenvalue weighted by molar-refractivity contribution is 9.11. The van der Waals surface area contributed by atoms with E-state index in [0.29, 0.717) is 11.5 Å². The van der Waals surface area contributed by atoms with Gasteiger partial charge >= 0.3 is 0 Å². The van der Waals surface area contributed by atoms with E-state index >= 15 is 0 Å². The van der Waals surface area contributed by atoms with Crippen molar-refractivity contribution in [1.82, 2.24) is 5.32 Å². The minimum Gasteiger partial charge on any atom is -0.312 e. The number of rotatable bonds is 5. The zero-order chi connectivity index (χ0) is 14.8. The van der Waals surface area contributed by atoms with Crippen LogP contribution in [0.4, 0.5) is 0 Å². The smallest absolute Gasteiger partial charge is 0.0386 e. The number of hydrogen-bond donors (Lipinski definition) is 1. The normalized spacial score (nSPS) is 19.5. The van der Waals surface area contributed by atoms with Gasteiger partial charge in [0.05, 0.1) is 0 Å². The molecule has 1 aliphatic rings. The molecule has 0 saturated heterocycles. The summed E-state index contributed by atoms with van der Waals surface area (Å²) in [5.74, 6) is 0.745. The van der Waals surface area contributed by atoms with E-state index in [1.54, 1.807) is 0 Å². The summed E-state index contributed by atoms with van der Waals surface area (Å²) in [6.45, 7) is 4.70. The molecule has 0 bridgehead atoms. The highest BCUT2D eigenvalue weighted by atomic mass is 79.9.